The lowest BCUT2D eigenvalue weighted by Crippen LogP contribution is -2.25. The fourth-order valence-corrected chi connectivity index (χ4v) is 2.78. The molecule has 2 heterocycles. The number of ether oxygens (including phenoxy) is 3. The van der Waals surface area contributed by atoms with Crippen molar-refractivity contribution in [3.05, 3.63) is 0 Å². The Balaban J connectivity index is 1.34. The fraction of sp³-hybridized carbons (Fsp3) is 1.00. The van der Waals surface area contributed by atoms with Gasteiger partial charge in [0.1, 0.15) is 6.10 Å². The summed E-state index contributed by atoms with van der Waals surface area (Å²) < 4.78 is 16.9. The van der Waals surface area contributed by atoms with Crippen LogP contribution in [0, 0.1) is 5.92 Å². The molecule has 92 valence electrons. The van der Waals surface area contributed by atoms with Crippen LogP contribution >= 0.6 is 0 Å². The molecule has 3 nitrogen and oxygen atoms in total. The molecule has 4 atom stereocenters. The lowest BCUT2D eigenvalue weighted by molar-refractivity contribution is 0.0746. The second-order valence-electron chi connectivity index (χ2n) is 6.31. The molecule has 3 fully saturated rings. The summed E-state index contributed by atoms with van der Waals surface area (Å²) in [6, 6.07) is 0. The third kappa shape index (κ3) is 2.01. The van der Waals surface area contributed by atoms with Gasteiger partial charge in [-0.1, -0.05) is 0 Å². The number of fused-ring (bicyclic) bond motifs is 1. The molecular weight excluding hydrogens is 204 g/mol. The first-order chi connectivity index (χ1) is 7.50. The van der Waals surface area contributed by atoms with E-state index in [1.54, 1.807) is 0 Å². The maximum absolute atomic E-state index is 5.75. The molecule has 16 heavy (non-hydrogen) atoms. The fourth-order valence-electron chi connectivity index (χ4n) is 2.78. The first-order valence-corrected chi connectivity index (χ1v) is 6.43. The summed E-state index contributed by atoms with van der Waals surface area (Å²) in [7, 11) is 0. The average molecular weight is 226 g/mol. The zero-order valence-electron chi connectivity index (χ0n) is 10.5. The predicted molar refractivity (Wildman–Crippen MR) is 60.4 cm³/mol. The third-order valence-electron chi connectivity index (χ3n) is 4.42. The van der Waals surface area contributed by atoms with Gasteiger partial charge in [0.2, 0.25) is 0 Å². The quantitative estimate of drug-likeness (QED) is 0.689. The Hall–Kier alpha value is -0.120. The van der Waals surface area contributed by atoms with Crippen molar-refractivity contribution < 1.29 is 14.2 Å². The highest BCUT2D eigenvalue weighted by Gasteiger charge is 2.55. The molecule has 1 aliphatic carbocycles. The lowest BCUT2D eigenvalue weighted by Gasteiger charge is -2.22. The first-order valence-electron chi connectivity index (χ1n) is 6.43. The molecule has 0 aromatic carbocycles. The highest BCUT2D eigenvalue weighted by atomic mass is 16.6. The van der Waals surface area contributed by atoms with Crippen molar-refractivity contribution in [3.8, 4) is 0 Å². The molecule has 1 saturated carbocycles. The van der Waals surface area contributed by atoms with Crippen LogP contribution in [0.5, 0.6) is 0 Å². The van der Waals surface area contributed by atoms with E-state index in [2.05, 4.69) is 20.8 Å². The largest absolute Gasteiger partial charge is 0.378 e. The summed E-state index contributed by atoms with van der Waals surface area (Å²) in [4.78, 5) is 0. The topological polar surface area (TPSA) is 34.3 Å². The van der Waals surface area contributed by atoms with Crippen molar-refractivity contribution >= 4 is 0 Å². The SMILES string of the molecule is CC1(C)OC1COCC1CCC2(C)OC2C1. The minimum absolute atomic E-state index is 0.0603. The Labute approximate surface area is 97.4 Å². The predicted octanol–water partition coefficient (Wildman–Crippen LogP) is 2.14. The van der Waals surface area contributed by atoms with Gasteiger partial charge in [0.15, 0.2) is 0 Å². The Kier molecular flexibility index (Phi) is 2.36. The second kappa shape index (κ2) is 3.44. The highest BCUT2D eigenvalue weighted by molar-refractivity contribution is 5.03. The number of epoxide rings is 2. The van der Waals surface area contributed by atoms with E-state index in [9.17, 15) is 0 Å². The van der Waals surface area contributed by atoms with Gasteiger partial charge in [-0.25, -0.2) is 0 Å². The second-order valence-corrected chi connectivity index (χ2v) is 6.31. The van der Waals surface area contributed by atoms with Gasteiger partial charge in [-0.05, 0) is 46.0 Å². The van der Waals surface area contributed by atoms with Crippen LogP contribution in [0.15, 0.2) is 0 Å². The first kappa shape index (κ1) is 11.0. The zero-order valence-corrected chi connectivity index (χ0v) is 10.5. The molecule has 0 amide bonds. The van der Waals surface area contributed by atoms with E-state index in [4.69, 9.17) is 14.2 Å². The van der Waals surface area contributed by atoms with Crippen molar-refractivity contribution in [1.82, 2.24) is 0 Å². The van der Waals surface area contributed by atoms with E-state index in [1.165, 1.54) is 19.3 Å². The van der Waals surface area contributed by atoms with Crippen LogP contribution in [0.2, 0.25) is 0 Å². The monoisotopic (exact) mass is 226 g/mol. The van der Waals surface area contributed by atoms with Crippen LogP contribution in [0.4, 0.5) is 0 Å². The van der Waals surface area contributed by atoms with Gasteiger partial charge < -0.3 is 14.2 Å². The number of hydrogen-bond donors (Lipinski definition) is 0. The van der Waals surface area contributed by atoms with Gasteiger partial charge in [-0.3, -0.25) is 0 Å². The van der Waals surface area contributed by atoms with Crippen molar-refractivity contribution in [2.45, 2.75) is 63.4 Å². The number of rotatable bonds is 4. The summed E-state index contributed by atoms with van der Waals surface area (Å²) in [5, 5.41) is 0. The van der Waals surface area contributed by atoms with Gasteiger partial charge in [0.05, 0.1) is 23.9 Å². The molecule has 0 aromatic rings. The maximum Gasteiger partial charge on any atom is 0.110 e. The van der Waals surface area contributed by atoms with Crippen LogP contribution in [0.1, 0.15) is 40.0 Å². The molecule has 4 unspecified atom stereocenters. The van der Waals surface area contributed by atoms with E-state index in [0.29, 0.717) is 18.1 Å². The molecule has 3 heteroatoms. The molecule has 0 spiro atoms. The summed E-state index contributed by atoms with van der Waals surface area (Å²) in [6.45, 7) is 8.10. The smallest absolute Gasteiger partial charge is 0.110 e. The molecule has 0 aromatic heterocycles. The Morgan fingerprint density at radius 2 is 1.94 bits per heavy atom. The van der Waals surface area contributed by atoms with Crippen molar-refractivity contribution in [2.24, 2.45) is 5.92 Å². The van der Waals surface area contributed by atoms with Gasteiger partial charge in [-0.2, -0.15) is 0 Å². The normalized spacial score (nSPS) is 48.6. The summed E-state index contributed by atoms with van der Waals surface area (Å²) in [5.74, 6) is 0.697. The van der Waals surface area contributed by atoms with Gasteiger partial charge in [-0.15, -0.1) is 0 Å². The Bertz CT molecular complexity index is 289. The minimum Gasteiger partial charge on any atom is -0.378 e. The number of hydrogen-bond acceptors (Lipinski definition) is 3. The van der Waals surface area contributed by atoms with Gasteiger partial charge >= 0.3 is 0 Å². The van der Waals surface area contributed by atoms with Crippen LogP contribution in [0.3, 0.4) is 0 Å². The summed E-state index contributed by atoms with van der Waals surface area (Å²) in [6.07, 6.45) is 4.48. The standard InChI is InChI=1S/C13H22O3/c1-12(2)11(15-12)8-14-7-9-4-5-13(3)10(6-9)16-13/h9-11H,4-8H2,1-3H3. The average Bonchev–Trinajstić information content (AvgIpc) is 3.03. The van der Waals surface area contributed by atoms with E-state index in [-0.39, 0.29) is 11.2 Å². The van der Waals surface area contributed by atoms with Crippen molar-refractivity contribution in [2.75, 3.05) is 13.2 Å². The Morgan fingerprint density at radius 3 is 2.56 bits per heavy atom. The van der Waals surface area contributed by atoms with Crippen LogP contribution in [-0.2, 0) is 14.2 Å². The summed E-state index contributed by atoms with van der Waals surface area (Å²) in [5.41, 5.74) is 0.294. The molecule has 0 N–H and O–H groups in total. The molecule has 2 saturated heterocycles. The van der Waals surface area contributed by atoms with Crippen molar-refractivity contribution in [3.63, 3.8) is 0 Å². The van der Waals surface area contributed by atoms with E-state index in [1.807, 2.05) is 0 Å². The van der Waals surface area contributed by atoms with Gasteiger partial charge in [0, 0.05) is 6.61 Å². The molecule has 0 bridgehead atoms. The molecule has 2 aliphatic heterocycles. The lowest BCUT2D eigenvalue weighted by atomic mass is 9.83. The Morgan fingerprint density at radius 1 is 1.19 bits per heavy atom. The molecule has 3 rings (SSSR count). The molecule has 0 radical (unpaired) electrons. The molecule has 3 aliphatic rings. The minimum atomic E-state index is 0.0603. The maximum atomic E-state index is 5.75. The third-order valence-corrected chi connectivity index (χ3v) is 4.42. The van der Waals surface area contributed by atoms with Crippen LogP contribution < -0.4 is 0 Å². The highest BCUT2D eigenvalue weighted by Crippen LogP contribution is 2.49. The van der Waals surface area contributed by atoms with Crippen LogP contribution in [0.25, 0.3) is 0 Å². The van der Waals surface area contributed by atoms with Crippen LogP contribution in [-0.4, -0.2) is 36.6 Å². The molecular formula is C13H22O3. The summed E-state index contributed by atoms with van der Waals surface area (Å²) >= 11 is 0. The van der Waals surface area contributed by atoms with Crippen molar-refractivity contribution in [1.29, 1.82) is 0 Å². The van der Waals surface area contributed by atoms with E-state index >= 15 is 0 Å². The van der Waals surface area contributed by atoms with Gasteiger partial charge in [0.25, 0.3) is 0 Å². The van der Waals surface area contributed by atoms with E-state index in [0.717, 1.165) is 13.2 Å². The zero-order chi connectivity index (χ0) is 11.4. The van der Waals surface area contributed by atoms with E-state index < -0.39 is 0 Å².